The highest BCUT2D eigenvalue weighted by atomic mass is 32.1. The van der Waals surface area contributed by atoms with Gasteiger partial charge < -0.3 is 31.1 Å². The second-order valence-corrected chi connectivity index (χ2v) is 6.13. The lowest BCUT2D eigenvalue weighted by Crippen LogP contribution is -2.37. The molecule has 1 aromatic rings. The summed E-state index contributed by atoms with van der Waals surface area (Å²) in [5, 5.41) is 41.6. The maximum Gasteiger partial charge on any atom is 0.322 e. The van der Waals surface area contributed by atoms with E-state index in [0.717, 1.165) is 0 Å². The van der Waals surface area contributed by atoms with E-state index in [2.05, 4.69) is 22.9 Å². The van der Waals surface area contributed by atoms with Crippen LogP contribution in [0.3, 0.4) is 0 Å². The van der Waals surface area contributed by atoms with Gasteiger partial charge in [-0.05, 0) is 24.6 Å². The minimum Gasteiger partial charge on any atom is -0.508 e. The molecular weight excluding hydrogens is 406 g/mol. The molecule has 29 heavy (non-hydrogen) atoms. The number of thiol groups is 1. The Hall–Kier alpha value is -3.12. The van der Waals surface area contributed by atoms with Gasteiger partial charge in [-0.3, -0.25) is 19.2 Å². The molecule has 0 fully saturated rings. The van der Waals surface area contributed by atoms with E-state index in [1.54, 1.807) is 0 Å². The van der Waals surface area contributed by atoms with Gasteiger partial charge in [-0.1, -0.05) is 0 Å². The van der Waals surface area contributed by atoms with Crippen LogP contribution in [0.2, 0.25) is 0 Å². The van der Waals surface area contributed by atoms with Crippen molar-refractivity contribution in [3.63, 3.8) is 0 Å². The molecule has 0 aliphatic carbocycles. The highest BCUT2D eigenvalue weighted by Crippen LogP contribution is 2.22. The molecule has 2 amide bonds. The Morgan fingerprint density at radius 2 is 1.83 bits per heavy atom. The zero-order valence-corrected chi connectivity index (χ0v) is 16.1. The zero-order valence-electron chi connectivity index (χ0n) is 15.2. The van der Waals surface area contributed by atoms with E-state index < -0.39 is 36.3 Å². The number of phenolic OH excluding ortho intramolecular Hbond substituents is 2. The van der Waals surface area contributed by atoms with Crippen molar-refractivity contribution < 1.29 is 39.6 Å². The normalized spacial score (nSPS) is 12.2. The van der Waals surface area contributed by atoms with Gasteiger partial charge in [0, 0.05) is 24.3 Å². The maximum absolute atomic E-state index is 11.9. The number of rotatable bonds is 11. The van der Waals surface area contributed by atoms with E-state index in [-0.39, 0.29) is 47.9 Å². The molecule has 0 radical (unpaired) electrons. The summed E-state index contributed by atoms with van der Waals surface area (Å²) in [6.45, 7) is -0.721. The van der Waals surface area contributed by atoms with Crippen molar-refractivity contribution in [2.75, 3.05) is 12.3 Å². The largest absolute Gasteiger partial charge is 0.508 e. The van der Waals surface area contributed by atoms with Crippen LogP contribution in [-0.4, -0.2) is 68.2 Å². The van der Waals surface area contributed by atoms with Gasteiger partial charge in [0.2, 0.25) is 5.91 Å². The first-order valence-electron chi connectivity index (χ1n) is 8.32. The Morgan fingerprint density at radius 3 is 2.41 bits per heavy atom. The summed E-state index contributed by atoms with van der Waals surface area (Å²) in [5.41, 5.74) is -0.0165. The number of benzene rings is 1. The molecule has 1 rings (SSSR count). The number of aromatic hydroxyl groups is 2. The fraction of sp³-hybridized carbons (Fsp3) is 0.353. The van der Waals surface area contributed by atoms with Gasteiger partial charge in [-0.25, -0.2) is 4.99 Å². The van der Waals surface area contributed by atoms with Gasteiger partial charge in [0.25, 0.3) is 5.91 Å². The van der Waals surface area contributed by atoms with Gasteiger partial charge in [0.05, 0.1) is 0 Å². The van der Waals surface area contributed by atoms with Crippen LogP contribution in [0, 0.1) is 0 Å². The number of carboxylic acid groups (broad SMARTS) is 2. The van der Waals surface area contributed by atoms with Crippen molar-refractivity contribution in [3.8, 4) is 11.5 Å². The van der Waals surface area contributed by atoms with Crippen molar-refractivity contribution in [1.29, 1.82) is 0 Å². The average Bonchev–Trinajstić information content (AvgIpc) is 2.66. The summed E-state index contributed by atoms with van der Waals surface area (Å²) in [6, 6.07) is 2.65. The van der Waals surface area contributed by atoms with Crippen LogP contribution in [0.25, 0.3) is 0 Å². The zero-order chi connectivity index (χ0) is 22.0. The lowest BCUT2D eigenvalue weighted by molar-refractivity contribution is -0.140. The molecule has 0 bridgehead atoms. The molecule has 0 heterocycles. The third-order valence-electron chi connectivity index (χ3n) is 3.62. The summed E-state index contributed by atoms with van der Waals surface area (Å²) in [7, 11) is 0. The third-order valence-corrected chi connectivity index (χ3v) is 3.92. The second-order valence-electron chi connectivity index (χ2n) is 5.81. The fourth-order valence-corrected chi connectivity index (χ4v) is 2.36. The Labute approximate surface area is 170 Å². The summed E-state index contributed by atoms with van der Waals surface area (Å²) in [4.78, 5) is 49.0. The van der Waals surface area contributed by atoms with E-state index >= 15 is 0 Å². The minimum absolute atomic E-state index is 0.0753. The van der Waals surface area contributed by atoms with Crippen molar-refractivity contribution in [3.05, 3.63) is 23.8 Å². The third kappa shape index (κ3) is 8.62. The van der Waals surface area contributed by atoms with E-state index in [4.69, 9.17) is 5.11 Å². The number of amides is 2. The van der Waals surface area contributed by atoms with Gasteiger partial charge >= 0.3 is 11.9 Å². The SMILES string of the molecule is O=C(O)CNC(=O)C(CS)=NC(=O)CC[C@@H](NCc1cc(O)ccc1O)C(=O)O. The topological polar surface area (TPSA) is 186 Å². The number of hydrogen-bond donors (Lipinski definition) is 7. The second kappa shape index (κ2) is 11.7. The Kier molecular flexibility index (Phi) is 9.62. The van der Waals surface area contributed by atoms with E-state index in [9.17, 15) is 34.5 Å². The maximum atomic E-state index is 11.9. The number of carbonyl (C=O) groups excluding carboxylic acids is 2. The summed E-state index contributed by atoms with van der Waals surface area (Å²) in [5.74, 6) is -4.58. The summed E-state index contributed by atoms with van der Waals surface area (Å²) >= 11 is 3.87. The molecule has 0 spiro atoms. The fourth-order valence-electron chi connectivity index (χ4n) is 2.15. The van der Waals surface area contributed by atoms with E-state index in [1.807, 2.05) is 5.32 Å². The summed E-state index contributed by atoms with van der Waals surface area (Å²) < 4.78 is 0. The Bertz CT molecular complexity index is 812. The molecule has 0 aliphatic heterocycles. The average molecular weight is 427 g/mol. The van der Waals surface area contributed by atoms with Crippen LogP contribution in [0.15, 0.2) is 23.2 Å². The number of aliphatic carboxylic acids is 2. The van der Waals surface area contributed by atoms with Crippen LogP contribution in [0.4, 0.5) is 0 Å². The van der Waals surface area contributed by atoms with Gasteiger partial charge in [0.1, 0.15) is 29.8 Å². The van der Waals surface area contributed by atoms with Gasteiger partial charge in [0.15, 0.2) is 0 Å². The standard InChI is InChI=1S/C17H21N3O8S/c21-10-1-3-13(22)9(5-10)6-18-11(17(27)28)2-4-14(23)20-12(8-29)16(26)19-7-15(24)25/h1,3,5,11,18,21-22,29H,2,4,6-8H2,(H,19,26)(H,24,25)(H,27,28)/t11-/m1/s1. The quantitative estimate of drug-likeness (QED) is 0.139. The smallest absolute Gasteiger partial charge is 0.322 e. The Balaban J connectivity index is 2.66. The predicted molar refractivity (Wildman–Crippen MR) is 104 cm³/mol. The van der Waals surface area contributed by atoms with Crippen molar-refractivity contribution in [2.45, 2.75) is 25.4 Å². The van der Waals surface area contributed by atoms with Gasteiger partial charge in [-0.2, -0.15) is 12.6 Å². The molecule has 1 atom stereocenters. The number of carboxylic acids is 2. The highest BCUT2D eigenvalue weighted by molar-refractivity contribution is 7.81. The van der Waals surface area contributed by atoms with Crippen LogP contribution in [0.5, 0.6) is 11.5 Å². The molecule has 0 unspecified atom stereocenters. The van der Waals surface area contributed by atoms with Crippen molar-refractivity contribution >= 4 is 42.1 Å². The first kappa shape index (κ1) is 23.9. The van der Waals surface area contributed by atoms with Gasteiger partial charge in [-0.15, -0.1) is 0 Å². The molecule has 12 heteroatoms. The number of hydrogen-bond acceptors (Lipinski definition) is 8. The molecule has 0 saturated heterocycles. The Morgan fingerprint density at radius 1 is 1.14 bits per heavy atom. The number of nitrogens with zero attached hydrogens (tertiary/aromatic N) is 1. The molecule has 6 N–H and O–H groups in total. The lowest BCUT2D eigenvalue weighted by Gasteiger charge is -2.14. The van der Waals surface area contributed by atoms with E-state index in [1.165, 1.54) is 18.2 Å². The molecule has 0 aliphatic rings. The molecule has 11 nitrogen and oxygen atoms in total. The van der Waals surface area contributed by atoms with Crippen molar-refractivity contribution in [2.24, 2.45) is 4.99 Å². The molecule has 158 valence electrons. The monoisotopic (exact) mass is 427 g/mol. The number of phenols is 2. The predicted octanol–water partition coefficient (Wildman–Crippen LogP) is -0.481. The number of nitrogens with one attached hydrogen (secondary N) is 2. The van der Waals surface area contributed by atoms with E-state index in [0.29, 0.717) is 0 Å². The van der Waals surface area contributed by atoms with Crippen LogP contribution >= 0.6 is 12.6 Å². The molecule has 1 aromatic carbocycles. The minimum atomic E-state index is -1.27. The highest BCUT2D eigenvalue weighted by Gasteiger charge is 2.20. The van der Waals surface area contributed by atoms with Crippen molar-refractivity contribution in [1.82, 2.24) is 10.6 Å². The first-order valence-corrected chi connectivity index (χ1v) is 8.95. The first-order chi connectivity index (χ1) is 13.6. The molecular formula is C17H21N3O8S. The molecule has 0 aromatic heterocycles. The lowest BCUT2D eigenvalue weighted by atomic mass is 10.1. The van der Waals surface area contributed by atoms with Crippen LogP contribution in [-0.2, 0) is 25.7 Å². The van der Waals surface area contributed by atoms with Crippen LogP contribution in [0.1, 0.15) is 18.4 Å². The molecule has 0 saturated carbocycles. The number of carbonyl (C=O) groups is 4. The van der Waals surface area contributed by atoms with Crippen LogP contribution < -0.4 is 10.6 Å². The summed E-state index contributed by atoms with van der Waals surface area (Å²) in [6.07, 6.45) is -0.465. The number of aliphatic imine (C=N–C) groups is 1.